The summed E-state index contributed by atoms with van der Waals surface area (Å²) in [4.78, 5) is 8.89. The minimum absolute atomic E-state index is 0.990. The lowest BCUT2D eigenvalue weighted by Crippen LogP contribution is -2.00. The summed E-state index contributed by atoms with van der Waals surface area (Å²) in [5.74, 6) is 0. The van der Waals surface area contributed by atoms with E-state index in [0.29, 0.717) is 0 Å². The molecular weight excluding hydrogens is 316 g/mol. The van der Waals surface area contributed by atoms with Gasteiger partial charge in [0.25, 0.3) is 0 Å². The van der Waals surface area contributed by atoms with Crippen molar-refractivity contribution in [2.24, 2.45) is 4.99 Å². The van der Waals surface area contributed by atoms with E-state index >= 15 is 0 Å². The number of aromatic nitrogens is 1. The predicted octanol–water partition coefficient (Wildman–Crippen LogP) is 6.60. The summed E-state index contributed by atoms with van der Waals surface area (Å²) < 4.78 is 0. The first-order chi connectivity index (χ1) is 12.4. The molecule has 0 aliphatic rings. The van der Waals surface area contributed by atoms with Gasteiger partial charge in [0.05, 0.1) is 11.4 Å². The van der Waals surface area contributed by atoms with Gasteiger partial charge in [-0.3, -0.25) is 9.98 Å². The monoisotopic (exact) mass is 342 g/mol. The standard InChI is InChI=1S/C24H26N2/c1-14-12-15(2)22(18(5)21(14)20-10-8-9-11-26-20)23-16(3)13-17(4)24(25-7)19(23)6/h8-13H,7H2,1-6H3. The first kappa shape index (κ1) is 18.1. The summed E-state index contributed by atoms with van der Waals surface area (Å²) in [5.41, 5.74) is 13.2. The molecule has 0 unspecified atom stereocenters. The van der Waals surface area contributed by atoms with Gasteiger partial charge in [0.15, 0.2) is 0 Å². The first-order valence-corrected chi connectivity index (χ1v) is 8.97. The summed E-state index contributed by atoms with van der Waals surface area (Å²) >= 11 is 0. The van der Waals surface area contributed by atoms with Crippen LogP contribution < -0.4 is 0 Å². The molecule has 0 fully saturated rings. The predicted molar refractivity (Wildman–Crippen MR) is 113 cm³/mol. The van der Waals surface area contributed by atoms with Gasteiger partial charge in [-0.05, 0) is 105 Å². The van der Waals surface area contributed by atoms with E-state index in [1.54, 1.807) is 0 Å². The number of nitrogens with zero attached hydrogens (tertiary/aromatic N) is 2. The van der Waals surface area contributed by atoms with Crippen molar-refractivity contribution in [1.82, 2.24) is 4.98 Å². The highest BCUT2D eigenvalue weighted by atomic mass is 14.7. The quantitative estimate of drug-likeness (QED) is 0.492. The van der Waals surface area contributed by atoms with Gasteiger partial charge in [-0.1, -0.05) is 18.2 Å². The molecule has 0 aliphatic carbocycles. The highest BCUT2D eigenvalue weighted by Crippen LogP contribution is 2.42. The van der Waals surface area contributed by atoms with Crippen molar-refractivity contribution in [3.8, 4) is 22.4 Å². The number of aliphatic imine (C=N–C) groups is 1. The third-order valence-electron chi connectivity index (χ3n) is 5.23. The molecule has 1 heterocycles. The van der Waals surface area contributed by atoms with Crippen LogP contribution in [0.5, 0.6) is 0 Å². The summed E-state index contributed by atoms with van der Waals surface area (Å²) in [7, 11) is 0. The van der Waals surface area contributed by atoms with Crippen molar-refractivity contribution >= 4 is 12.4 Å². The Kier molecular flexibility index (Phi) is 4.78. The van der Waals surface area contributed by atoms with Crippen molar-refractivity contribution in [1.29, 1.82) is 0 Å². The van der Waals surface area contributed by atoms with Crippen LogP contribution in [0.15, 0.2) is 41.5 Å². The van der Waals surface area contributed by atoms with Crippen molar-refractivity contribution in [2.45, 2.75) is 41.5 Å². The van der Waals surface area contributed by atoms with Crippen molar-refractivity contribution in [3.05, 3.63) is 69.9 Å². The molecule has 0 saturated carbocycles. The zero-order chi connectivity index (χ0) is 19.0. The van der Waals surface area contributed by atoms with Gasteiger partial charge in [-0.25, -0.2) is 0 Å². The normalized spacial score (nSPS) is 10.8. The Balaban J connectivity index is 2.40. The number of benzene rings is 2. The van der Waals surface area contributed by atoms with Gasteiger partial charge in [0.1, 0.15) is 0 Å². The fourth-order valence-electron chi connectivity index (χ4n) is 4.28. The van der Waals surface area contributed by atoms with E-state index < -0.39 is 0 Å². The van der Waals surface area contributed by atoms with Crippen LogP contribution in [-0.2, 0) is 0 Å². The van der Waals surface area contributed by atoms with Crippen LogP contribution in [0, 0.1) is 41.5 Å². The fraction of sp³-hybridized carbons (Fsp3) is 0.250. The van der Waals surface area contributed by atoms with Crippen LogP contribution in [0.2, 0.25) is 0 Å². The second-order valence-electron chi connectivity index (χ2n) is 7.12. The van der Waals surface area contributed by atoms with E-state index in [1.165, 1.54) is 50.1 Å². The van der Waals surface area contributed by atoms with Crippen LogP contribution in [0.3, 0.4) is 0 Å². The fourth-order valence-corrected chi connectivity index (χ4v) is 4.28. The first-order valence-electron chi connectivity index (χ1n) is 8.97. The maximum atomic E-state index is 4.60. The largest absolute Gasteiger partial charge is 0.264 e. The minimum Gasteiger partial charge on any atom is -0.264 e. The van der Waals surface area contributed by atoms with Crippen molar-refractivity contribution in [3.63, 3.8) is 0 Å². The zero-order valence-electron chi connectivity index (χ0n) is 16.6. The van der Waals surface area contributed by atoms with Gasteiger partial charge in [0, 0.05) is 11.8 Å². The molecular formula is C24H26N2. The third kappa shape index (κ3) is 2.86. The summed E-state index contributed by atoms with van der Waals surface area (Å²) in [5, 5.41) is 0. The minimum atomic E-state index is 0.990. The van der Waals surface area contributed by atoms with E-state index in [0.717, 1.165) is 11.4 Å². The van der Waals surface area contributed by atoms with Crippen LogP contribution >= 0.6 is 0 Å². The van der Waals surface area contributed by atoms with Gasteiger partial charge < -0.3 is 0 Å². The van der Waals surface area contributed by atoms with Gasteiger partial charge in [0.2, 0.25) is 0 Å². The number of rotatable bonds is 3. The topological polar surface area (TPSA) is 25.2 Å². The van der Waals surface area contributed by atoms with Crippen molar-refractivity contribution < 1.29 is 0 Å². The SMILES string of the molecule is C=Nc1c(C)cc(C)c(-c2c(C)cc(C)c(-c3ccccn3)c2C)c1C. The van der Waals surface area contributed by atoms with Gasteiger partial charge >= 0.3 is 0 Å². The van der Waals surface area contributed by atoms with Crippen LogP contribution in [-0.4, -0.2) is 11.7 Å². The molecule has 0 amide bonds. The van der Waals surface area contributed by atoms with Crippen LogP contribution in [0.25, 0.3) is 22.4 Å². The van der Waals surface area contributed by atoms with Crippen LogP contribution in [0.1, 0.15) is 33.4 Å². The molecule has 0 aliphatic heterocycles. The Morgan fingerprint density at radius 3 is 1.88 bits per heavy atom. The molecule has 3 aromatic rings. The Labute approximate surface area is 156 Å². The molecule has 0 N–H and O–H groups in total. The molecule has 0 radical (unpaired) electrons. The smallest absolute Gasteiger partial charge is 0.0707 e. The van der Waals surface area contributed by atoms with E-state index in [4.69, 9.17) is 0 Å². The van der Waals surface area contributed by atoms with E-state index in [2.05, 4.69) is 76.4 Å². The molecule has 2 heteroatoms. The molecule has 2 aromatic carbocycles. The number of hydrogen-bond donors (Lipinski definition) is 0. The molecule has 0 saturated heterocycles. The molecule has 0 atom stereocenters. The van der Waals surface area contributed by atoms with E-state index in [1.807, 2.05) is 18.3 Å². The lowest BCUT2D eigenvalue weighted by molar-refractivity contribution is 1.24. The van der Waals surface area contributed by atoms with Gasteiger partial charge in [-0.15, -0.1) is 0 Å². The number of pyridine rings is 1. The second-order valence-corrected chi connectivity index (χ2v) is 7.12. The second kappa shape index (κ2) is 6.87. The van der Waals surface area contributed by atoms with E-state index in [-0.39, 0.29) is 0 Å². The average Bonchev–Trinajstić information content (AvgIpc) is 2.58. The molecule has 0 bridgehead atoms. The molecule has 2 nitrogen and oxygen atoms in total. The Hall–Kier alpha value is -2.74. The molecule has 1 aromatic heterocycles. The Morgan fingerprint density at radius 1 is 0.731 bits per heavy atom. The molecule has 0 spiro atoms. The highest BCUT2D eigenvalue weighted by Gasteiger charge is 2.19. The lowest BCUT2D eigenvalue weighted by atomic mass is 9.83. The summed E-state index contributed by atoms with van der Waals surface area (Å²) in [6.45, 7) is 16.8. The van der Waals surface area contributed by atoms with Gasteiger partial charge in [-0.2, -0.15) is 0 Å². The lowest BCUT2D eigenvalue weighted by Gasteiger charge is -2.22. The highest BCUT2D eigenvalue weighted by molar-refractivity contribution is 5.86. The summed E-state index contributed by atoms with van der Waals surface area (Å²) in [6, 6.07) is 10.6. The Morgan fingerprint density at radius 2 is 1.31 bits per heavy atom. The zero-order valence-corrected chi connectivity index (χ0v) is 16.6. The molecule has 26 heavy (non-hydrogen) atoms. The maximum Gasteiger partial charge on any atom is 0.0707 e. The molecule has 132 valence electrons. The average molecular weight is 342 g/mol. The molecule has 3 rings (SSSR count). The van der Waals surface area contributed by atoms with Crippen molar-refractivity contribution in [2.75, 3.05) is 0 Å². The Bertz CT molecular complexity index is 999. The van der Waals surface area contributed by atoms with Crippen LogP contribution in [0.4, 0.5) is 5.69 Å². The maximum absolute atomic E-state index is 4.60. The summed E-state index contributed by atoms with van der Waals surface area (Å²) in [6.07, 6.45) is 1.86. The third-order valence-corrected chi connectivity index (χ3v) is 5.23. The number of hydrogen-bond acceptors (Lipinski definition) is 2. The number of aryl methyl sites for hydroxylation is 4. The van der Waals surface area contributed by atoms with E-state index in [9.17, 15) is 0 Å².